The van der Waals surface area contributed by atoms with E-state index in [0.717, 1.165) is 36.8 Å². The van der Waals surface area contributed by atoms with Crippen molar-refractivity contribution in [1.29, 1.82) is 0 Å². The summed E-state index contributed by atoms with van der Waals surface area (Å²) >= 11 is 1.65. The fraction of sp³-hybridized carbons (Fsp3) is 0.600. The molecule has 1 atom stereocenters. The molecule has 0 aromatic carbocycles. The van der Waals surface area contributed by atoms with Crippen molar-refractivity contribution in [1.82, 2.24) is 14.9 Å². The first-order valence-electron chi connectivity index (χ1n) is 5.11. The summed E-state index contributed by atoms with van der Waals surface area (Å²) < 4.78 is 0. The Labute approximate surface area is 94.3 Å². The van der Waals surface area contributed by atoms with Crippen LogP contribution in [0.3, 0.4) is 0 Å². The van der Waals surface area contributed by atoms with Crippen molar-refractivity contribution in [2.45, 2.75) is 24.0 Å². The van der Waals surface area contributed by atoms with Crippen molar-refractivity contribution in [3.05, 3.63) is 18.1 Å². The predicted molar refractivity (Wildman–Crippen MR) is 61.7 cm³/mol. The average Bonchev–Trinajstić information content (AvgIpc) is 2.65. The lowest BCUT2D eigenvalue weighted by molar-refractivity contribution is 0.319. The van der Waals surface area contributed by atoms with Crippen molar-refractivity contribution in [2.75, 3.05) is 19.3 Å². The van der Waals surface area contributed by atoms with Gasteiger partial charge in [-0.3, -0.25) is 9.88 Å². The standard InChI is InChI=1S/C10H16N4S/c1-15-10-9(12-3-4-13-10)7-14-5-2-8(11)6-14/h3-4,8H,2,5-7,11H2,1H3/t8-/m1/s1. The highest BCUT2D eigenvalue weighted by Crippen LogP contribution is 2.18. The fourth-order valence-electron chi connectivity index (χ4n) is 1.85. The molecule has 82 valence electrons. The second-order valence-corrected chi connectivity index (χ2v) is 4.59. The van der Waals surface area contributed by atoms with E-state index in [-0.39, 0.29) is 0 Å². The Hall–Kier alpha value is -0.650. The molecule has 15 heavy (non-hydrogen) atoms. The molecule has 1 aliphatic heterocycles. The molecule has 2 N–H and O–H groups in total. The first-order chi connectivity index (χ1) is 7.29. The quantitative estimate of drug-likeness (QED) is 0.767. The van der Waals surface area contributed by atoms with Gasteiger partial charge in [-0.25, -0.2) is 4.98 Å². The van der Waals surface area contributed by atoms with Gasteiger partial charge in [0.05, 0.1) is 5.69 Å². The minimum absolute atomic E-state index is 0.333. The Morgan fingerprint density at radius 1 is 1.53 bits per heavy atom. The van der Waals surface area contributed by atoms with Crippen LogP contribution in [0.2, 0.25) is 0 Å². The SMILES string of the molecule is CSc1nccnc1CN1CC[C@@H](N)C1. The van der Waals surface area contributed by atoms with Crippen LogP contribution in [0.1, 0.15) is 12.1 Å². The molecule has 1 aromatic rings. The van der Waals surface area contributed by atoms with Crippen molar-refractivity contribution in [3.63, 3.8) is 0 Å². The molecule has 1 fully saturated rings. The number of likely N-dealkylation sites (tertiary alicyclic amines) is 1. The molecule has 0 bridgehead atoms. The average molecular weight is 224 g/mol. The first kappa shape index (κ1) is 10.9. The summed E-state index contributed by atoms with van der Waals surface area (Å²) in [5.74, 6) is 0. The highest BCUT2D eigenvalue weighted by atomic mass is 32.2. The van der Waals surface area contributed by atoms with Crippen LogP contribution in [0.25, 0.3) is 0 Å². The summed E-state index contributed by atoms with van der Waals surface area (Å²) in [7, 11) is 0. The molecular formula is C10H16N4S. The third kappa shape index (κ3) is 2.68. The Kier molecular flexibility index (Phi) is 3.56. The van der Waals surface area contributed by atoms with E-state index in [2.05, 4.69) is 14.9 Å². The number of nitrogens with two attached hydrogens (primary N) is 1. The molecule has 0 amide bonds. The highest BCUT2D eigenvalue weighted by Gasteiger charge is 2.20. The molecule has 0 saturated carbocycles. The van der Waals surface area contributed by atoms with Crippen molar-refractivity contribution in [3.8, 4) is 0 Å². The fourth-order valence-corrected chi connectivity index (χ4v) is 2.37. The second kappa shape index (κ2) is 4.92. The zero-order valence-corrected chi connectivity index (χ0v) is 9.70. The number of hydrogen-bond donors (Lipinski definition) is 1. The van der Waals surface area contributed by atoms with E-state index in [1.807, 2.05) is 6.26 Å². The normalized spacial score (nSPS) is 22.1. The van der Waals surface area contributed by atoms with Gasteiger partial charge in [0, 0.05) is 38.1 Å². The van der Waals surface area contributed by atoms with E-state index in [4.69, 9.17) is 5.73 Å². The van der Waals surface area contributed by atoms with Crippen LogP contribution >= 0.6 is 11.8 Å². The number of nitrogens with zero attached hydrogens (tertiary/aromatic N) is 3. The summed E-state index contributed by atoms with van der Waals surface area (Å²) in [6.07, 6.45) is 6.62. The van der Waals surface area contributed by atoms with Crippen LogP contribution in [-0.2, 0) is 6.54 Å². The van der Waals surface area contributed by atoms with Crippen LogP contribution < -0.4 is 5.73 Å². The summed E-state index contributed by atoms with van der Waals surface area (Å²) in [6, 6.07) is 0.333. The zero-order chi connectivity index (χ0) is 10.7. The number of hydrogen-bond acceptors (Lipinski definition) is 5. The van der Waals surface area contributed by atoms with E-state index >= 15 is 0 Å². The summed E-state index contributed by atoms with van der Waals surface area (Å²) in [5, 5.41) is 1.03. The minimum atomic E-state index is 0.333. The van der Waals surface area contributed by atoms with Gasteiger partial charge in [0.2, 0.25) is 0 Å². The molecule has 5 heteroatoms. The lowest BCUT2D eigenvalue weighted by Crippen LogP contribution is -2.26. The predicted octanol–water partition coefficient (Wildman–Crippen LogP) is 0.732. The molecule has 0 aliphatic carbocycles. The van der Waals surface area contributed by atoms with Crippen molar-refractivity contribution in [2.24, 2.45) is 5.73 Å². The lowest BCUT2D eigenvalue weighted by atomic mass is 10.3. The van der Waals surface area contributed by atoms with E-state index in [0.29, 0.717) is 6.04 Å². The lowest BCUT2D eigenvalue weighted by Gasteiger charge is -2.15. The third-order valence-corrected chi connectivity index (χ3v) is 3.34. The summed E-state index contributed by atoms with van der Waals surface area (Å²) in [4.78, 5) is 11.0. The van der Waals surface area contributed by atoms with E-state index in [1.54, 1.807) is 24.2 Å². The van der Waals surface area contributed by atoms with Gasteiger partial charge in [-0.05, 0) is 12.7 Å². The molecule has 1 aliphatic rings. The number of thioether (sulfide) groups is 1. The van der Waals surface area contributed by atoms with E-state index < -0.39 is 0 Å². The molecule has 4 nitrogen and oxygen atoms in total. The topological polar surface area (TPSA) is 55.0 Å². The summed E-state index contributed by atoms with van der Waals surface area (Å²) in [6.45, 7) is 2.92. The highest BCUT2D eigenvalue weighted by molar-refractivity contribution is 7.98. The van der Waals surface area contributed by atoms with E-state index in [1.165, 1.54) is 0 Å². The van der Waals surface area contributed by atoms with Gasteiger partial charge >= 0.3 is 0 Å². The van der Waals surface area contributed by atoms with Crippen LogP contribution in [-0.4, -0.2) is 40.3 Å². The monoisotopic (exact) mass is 224 g/mol. The molecule has 2 heterocycles. The zero-order valence-electron chi connectivity index (χ0n) is 8.89. The first-order valence-corrected chi connectivity index (χ1v) is 6.34. The smallest absolute Gasteiger partial charge is 0.119 e. The molecule has 0 spiro atoms. The van der Waals surface area contributed by atoms with Crippen LogP contribution in [0.4, 0.5) is 0 Å². The molecule has 0 unspecified atom stereocenters. The third-order valence-electron chi connectivity index (χ3n) is 2.61. The Bertz CT molecular complexity index is 331. The second-order valence-electron chi connectivity index (χ2n) is 3.80. The van der Waals surface area contributed by atoms with Gasteiger partial charge in [0.1, 0.15) is 5.03 Å². The van der Waals surface area contributed by atoms with Gasteiger partial charge in [0.25, 0.3) is 0 Å². The Morgan fingerprint density at radius 2 is 2.33 bits per heavy atom. The van der Waals surface area contributed by atoms with Crippen molar-refractivity contribution < 1.29 is 0 Å². The number of rotatable bonds is 3. The minimum Gasteiger partial charge on any atom is -0.326 e. The molecule has 0 radical (unpaired) electrons. The summed E-state index contributed by atoms with van der Waals surface area (Å²) in [5.41, 5.74) is 6.94. The van der Waals surface area contributed by atoms with Crippen LogP contribution in [0, 0.1) is 0 Å². The molecule has 2 rings (SSSR count). The van der Waals surface area contributed by atoms with Gasteiger partial charge in [-0.2, -0.15) is 0 Å². The largest absolute Gasteiger partial charge is 0.326 e. The number of aromatic nitrogens is 2. The molecule has 1 aromatic heterocycles. The molecular weight excluding hydrogens is 208 g/mol. The van der Waals surface area contributed by atoms with Crippen LogP contribution in [0.5, 0.6) is 0 Å². The Morgan fingerprint density at radius 3 is 3.00 bits per heavy atom. The van der Waals surface area contributed by atoms with Crippen molar-refractivity contribution >= 4 is 11.8 Å². The maximum absolute atomic E-state index is 5.87. The molecule has 1 saturated heterocycles. The maximum atomic E-state index is 5.87. The Balaban J connectivity index is 2.04. The van der Waals surface area contributed by atoms with Gasteiger partial charge in [0.15, 0.2) is 0 Å². The van der Waals surface area contributed by atoms with Crippen LogP contribution in [0.15, 0.2) is 17.4 Å². The van der Waals surface area contributed by atoms with Gasteiger partial charge in [-0.1, -0.05) is 0 Å². The van der Waals surface area contributed by atoms with Gasteiger partial charge < -0.3 is 5.73 Å². The maximum Gasteiger partial charge on any atom is 0.119 e. The van der Waals surface area contributed by atoms with E-state index in [9.17, 15) is 0 Å². The van der Waals surface area contributed by atoms with Gasteiger partial charge in [-0.15, -0.1) is 11.8 Å².